The highest BCUT2D eigenvalue weighted by Crippen LogP contribution is 2.26. The molecule has 0 saturated carbocycles. The fourth-order valence-corrected chi connectivity index (χ4v) is 1.72. The lowest BCUT2D eigenvalue weighted by atomic mass is 10.2. The molecule has 0 unspecified atom stereocenters. The first-order valence-electron chi connectivity index (χ1n) is 5.47. The summed E-state index contributed by atoms with van der Waals surface area (Å²) in [5, 5.41) is 3.51. The van der Waals surface area contributed by atoms with Crippen molar-refractivity contribution in [2.45, 2.75) is 0 Å². The molecule has 0 fully saturated rings. The molecule has 1 heterocycles. The van der Waals surface area contributed by atoms with Gasteiger partial charge in [0.05, 0.1) is 29.7 Å². The van der Waals surface area contributed by atoms with Crippen molar-refractivity contribution in [3.8, 4) is 0 Å². The van der Waals surface area contributed by atoms with Crippen LogP contribution in [-0.4, -0.2) is 18.1 Å². The van der Waals surface area contributed by atoms with Gasteiger partial charge in [0.2, 0.25) is 0 Å². The maximum Gasteiger partial charge on any atom is 0.341 e. The summed E-state index contributed by atoms with van der Waals surface area (Å²) < 4.78 is 4.69. The van der Waals surface area contributed by atoms with Crippen LogP contribution in [0.5, 0.6) is 0 Å². The zero-order valence-corrected chi connectivity index (χ0v) is 10.9. The van der Waals surface area contributed by atoms with Crippen LogP contribution in [0.2, 0.25) is 5.02 Å². The molecule has 0 saturated heterocycles. The molecular formula is C13H12ClN3O2. The zero-order valence-electron chi connectivity index (χ0n) is 10.2. The number of nitrogens with two attached hydrogens (primary N) is 1. The fraction of sp³-hybridized carbons (Fsp3) is 0.0769. The van der Waals surface area contributed by atoms with Crippen molar-refractivity contribution < 1.29 is 9.53 Å². The van der Waals surface area contributed by atoms with Crippen molar-refractivity contribution in [2.75, 3.05) is 18.2 Å². The van der Waals surface area contributed by atoms with Crippen molar-refractivity contribution in [2.24, 2.45) is 0 Å². The number of hydrogen-bond donors (Lipinski definition) is 2. The third-order valence-corrected chi connectivity index (χ3v) is 2.77. The molecule has 5 nitrogen and oxygen atoms in total. The van der Waals surface area contributed by atoms with Crippen LogP contribution in [0.1, 0.15) is 10.4 Å². The number of benzene rings is 1. The Bertz CT molecular complexity index is 617. The average Bonchev–Trinajstić information content (AvgIpc) is 2.42. The van der Waals surface area contributed by atoms with E-state index in [2.05, 4.69) is 10.3 Å². The van der Waals surface area contributed by atoms with Crippen LogP contribution >= 0.6 is 11.6 Å². The van der Waals surface area contributed by atoms with Gasteiger partial charge in [-0.25, -0.2) is 9.78 Å². The number of ether oxygens (including phenoxy) is 1. The number of para-hydroxylation sites is 1. The average molecular weight is 278 g/mol. The van der Waals surface area contributed by atoms with Gasteiger partial charge in [0, 0.05) is 0 Å². The highest BCUT2D eigenvalue weighted by molar-refractivity contribution is 6.33. The lowest BCUT2D eigenvalue weighted by Crippen LogP contribution is -2.08. The molecule has 6 heteroatoms. The zero-order chi connectivity index (χ0) is 13.8. The monoisotopic (exact) mass is 277 g/mol. The largest absolute Gasteiger partial charge is 0.465 e. The second-order valence-corrected chi connectivity index (χ2v) is 4.17. The Morgan fingerprint density at radius 3 is 2.84 bits per heavy atom. The summed E-state index contributed by atoms with van der Waals surface area (Å²) in [7, 11) is 1.30. The van der Waals surface area contributed by atoms with Gasteiger partial charge in [-0.3, -0.25) is 0 Å². The van der Waals surface area contributed by atoms with Gasteiger partial charge in [0.25, 0.3) is 0 Å². The van der Waals surface area contributed by atoms with Gasteiger partial charge in [-0.1, -0.05) is 23.7 Å². The molecule has 2 rings (SSSR count). The van der Waals surface area contributed by atoms with Crippen LogP contribution in [-0.2, 0) is 4.74 Å². The van der Waals surface area contributed by atoms with E-state index in [-0.39, 0.29) is 5.56 Å². The molecule has 3 N–H and O–H groups in total. The summed E-state index contributed by atoms with van der Waals surface area (Å²) >= 11 is 6.04. The molecule has 0 spiro atoms. The number of carbonyl (C=O) groups is 1. The van der Waals surface area contributed by atoms with Gasteiger partial charge in [0.1, 0.15) is 11.4 Å². The highest BCUT2D eigenvalue weighted by atomic mass is 35.5. The van der Waals surface area contributed by atoms with Gasteiger partial charge in [0.15, 0.2) is 0 Å². The van der Waals surface area contributed by atoms with E-state index in [1.807, 2.05) is 12.1 Å². The summed E-state index contributed by atoms with van der Waals surface area (Å²) in [5.74, 6) is -0.177. The molecule has 2 aromatic rings. The number of halogens is 1. The highest BCUT2D eigenvalue weighted by Gasteiger charge is 2.14. The van der Waals surface area contributed by atoms with Crippen molar-refractivity contribution >= 4 is 34.8 Å². The predicted octanol–water partition coefficient (Wildman–Crippen LogP) is 2.85. The van der Waals surface area contributed by atoms with Crippen LogP contribution in [0.4, 0.5) is 17.2 Å². The van der Waals surface area contributed by atoms with E-state index in [1.165, 1.54) is 19.4 Å². The smallest absolute Gasteiger partial charge is 0.341 e. The quantitative estimate of drug-likeness (QED) is 0.844. The lowest BCUT2D eigenvalue weighted by molar-refractivity contribution is 0.0601. The van der Waals surface area contributed by atoms with E-state index in [9.17, 15) is 4.79 Å². The van der Waals surface area contributed by atoms with Gasteiger partial charge < -0.3 is 15.8 Å². The van der Waals surface area contributed by atoms with E-state index in [1.54, 1.807) is 12.1 Å². The SMILES string of the molecule is COC(=O)c1cc(N)cnc1Nc1ccccc1Cl. The Kier molecular flexibility index (Phi) is 3.87. The van der Waals surface area contributed by atoms with E-state index in [4.69, 9.17) is 22.1 Å². The number of hydrogen-bond acceptors (Lipinski definition) is 5. The number of esters is 1. The molecule has 98 valence electrons. The first-order chi connectivity index (χ1) is 9.11. The third kappa shape index (κ3) is 2.95. The minimum absolute atomic E-state index is 0.252. The topological polar surface area (TPSA) is 77.2 Å². The second-order valence-electron chi connectivity index (χ2n) is 3.76. The molecule has 0 aliphatic heterocycles. The van der Waals surface area contributed by atoms with Crippen molar-refractivity contribution in [1.29, 1.82) is 0 Å². The van der Waals surface area contributed by atoms with Crippen molar-refractivity contribution in [1.82, 2.24) is 4.98 Å². The van der Waals surface area contributed by atoms with Gasteiger partial charge >= 0.3 is 5.97 Å². The molecule has 1 aromatic carbocycles. The molecule has 0 aliphatic rings. The van der Waals surface area contributed by atoms with Crippen LogP contribution in [0.25, 0.3) is 0 Å². The minimum Gasteiger partial charge on any atom is -0.465 e. The maximum absolute atomic E-state index is 11.7. The van der Waals surface area contributed by atoms with Crippen molar-refractivity contribution in [3.63, 3.8) is 0 Å². The van der Waals surface area contributed by atoms with E-state index in [0.717, 1.165) is 0 Å². The molecule has 0 aliphatic carbocycles. The summed E-state index contributed by atoms with van der Waals surface area (Å²) in [6, 6.07) is 8.65. The molecular weight excluding hydrogens is 266 g/mol. The van der Waals surface area contributed by atoms with Crippen LogP contribution in [0.15, 0.2) is 36.5 Å². The number of anilines is 3. The number of pyridine rings is 1. The Hall–Kier alpha value is -2.27. The van der Waals surface area contributed by atoms with Crippen LogP contribution in [0, 0.1) is 0 Å². The van der Waals surface area contributed by atoms with Crippen LogP contribution < -0.4 is 11.1 Å². The predicted molar refractivity (Wildman–Crippen MR) is 74.7 cm³/mol. The first-order valence-corrected chi connectivity index (χ1v) is 5.85. The summed E-state index contributed by atoms with van der Waals surface area (Å²) in [5.41, 5.74) is 6.90. The van der Waals surface area contributed by atoms with E-state index < -0.39 is 5.97 Å². The van der Waals surface area contributed by atoms with E-state index in [0.29, 0.717) is 22.2 Å². The number of rotatable bonds is 3. The number of aromatic nitrogens is 1. The summed E-state index contributed by atoms with van der Waals surface area (Å²) in [6.07, 6.45) is 1.45. The standard InChI is InChI=1S/C13H12ClN3O2/c1-19-13(18)9-6-8(15)7-16-12(9)17-11-5-3-2-4-10(11)14/h2-7H,15H2,1H3,(H,16,17). The first kappa shape index (κ1) is 13.2. The van der Waals surface area contributed by atoms with Crippen molar-refractivity contribution in [3.05, 3.63) is 47.1 Å². The molecule has 19 heavy (non-hydrogen) atoms. The Labute approximate surface area is 115 Å². The van der Waals surface area contributed by atoms with E-state index >= 15 is 0 Å². The Morgan fingerprint density at radius 1 is 1.42 bits per heavy atom. The molecule has 0 amide bonds. The number of nitrogen functional groups attached to an aromatic ring is 1. The molecule has 0 atom stereocenters. The molecule has 0 bridgehead atoms. The summed E-state index contributed by atoms with van der Waals surface area (Å²) in [6.45, 7) is 0. The molecule has 0 radical (unpaired) electrons. The number of nitrogens with zero attached hydrogens (tertiary/aromatic N) is 1. The minimum atomic E-state index is -0.519. The van der Waals surface area contributed by atoms with Gasteiger partial charge in [-0.05, 0) is 18.2 Å². The van der Waals surface area contributed by atoms with Gasteiger partial charge in [-0.15, -0.1) is 0 Å². The Morgan fingerprint density at radius 2 is 2.16 bits per heavy atom. The Balaban J connectivity index is 2.40. The fourth-order valence-electron chi connectivity index (χ4n) is 1.54. The number of nitrogens with one attached hydrogen (secondary N) is 1. The van der Waals surface area contributed by atoms with Gasteiger partial charge in [-0.2, -0.15) is 0 Å². The molecule has 1 aromatic heterocycles. The normalized spacial score (nSPS) is 10.0. The lowest BCUT2D eigenvalue weighted by Gasteiger charge is -2.11. The third-order valence-electron chi connectivity index (χ3n) is 2.44. The second kappa shape index (κ2) is 5.58. The number of carbonyl (C=O) groups excluding carboxylic acids is 1. The number of methoxy groups -OCH3 is 1. The summed E-state index contributed by atoms with van der Waals surface area (Å²) in [4.78, 5) is 15.8. The van der Waals surface area contributed by atoms with Crippen LogP contribution in [0.3, 0.4) is 0 Å². The maximum atomic E-state index is 11.7.